The van der Waals surface area contributed by atoms with Crippen molar-refractivity contribution >= 4 is 33.6 Å². The van der Waals surface area contributed by atoms with Crippen LogP contribution >= 0.6 is 11.3 Å². The molecule has 2 aromatic carbocycles. The summed E-state index contributed by atoms with van der Waals surface area (Å²) in [5.74, 6) is -4.42. The first kappa shape index (κ1) is 26.3. The quantitative estimate of drug-likeness (QED) is 0.143. The zero-order valence-corrected chi connectivity index (χ0v) is 21.6. The summed E-state index contributed by atoms with van der Waals surface area (Å²) in [5, 5.41) is 3.27. The molecule has 1 saturated heterocycles. The molecule has 0 amide bonds. The maximum Gasteiger partial charge on any atom is 0.491 e. The van der Waals surface area contributed by atoms with Crippen molar-refractivity contribution in [3.05, 3.63) is 95.5 Å². The fraction of sp³-hybridized carbons (Fsp3) is 0.241. The Balaban J connectivity index is 1.14. The van der Waals surface area contributed by atoms with E-state index in [0.29, 0.717) is 39.4 Å². The first-order chi connectivity index (χ1) is 19.1. The molecule has 0 saturated carbocycles. The first-order valence-corrected chi connectivity index (χ1v) is 13.3. The number of esters is 2. The molecule has 6 rings (SSSR count). The van der Waals surface area contributed by atoms with Crippen molar-refractivity contribution in [3.8, 4) is 10.6 Å². The molecule has 0 bridgehead atoms. The molecule has 2 aromatic heterocycles. The van der Waals surface area contributed by atoms with E-state index in [0.717, 1.165) is 11.3 Å². The highest BCUT2D eigenvalue weighted by molar-refractivity contribution is 7.21. The maximum atomic E-state index is 15.2. The topological polar surface area (TPSA) is 81.2 Å². The monoisotopic (exact) mass is 567 g/mol. The number of rotatable bonds is 6. The van der Waals surface area contributed by atoms with Gasteiger partial charge in [-0.2, -0.15) is 13.2 Å². The molecule has 2 aliphatic rings. The molecular formula is C29H21F4N3O3S. The minimum absolute atomic E-state index is 0.151. The average Bonchev–Trinajstić information content (AvgIpc) is 3.41. The number of nitrogens with zero attached hydrogens (tertiary/aromatic N) is 2. The van der Waals surface area contributed by atoms with Crippen molar-refractivity contribution in [1.29, 1.82) is 0 Å². The Kier molecular flexibility index (Phi) is 6.50. The van der Waals surface area contributed by atoms with Gasteiger partial charge in [-0.15, -0.1) is 0 Å². The highest BCUT2D eigenvalue weighted by Crippen LogP contribution is 2.45. The number of thiazole rings is 1. The van der Waals surface area contributed by atoms with Crippen molar-refractivity contribution in [1.82, 2.24) is 15.3 Å². The summed E-state index contributed by atoms with van der Waals surface area (Å²) in [6.07, 6.45) is -0.486. The number of carbonyl (C=O) groups is 2. The van der Waals surface area contributed by atoms with E-state index in [1.165, 1.54) is 17.4 Å². The summed E-state index contributed by atoms with van der Waals surface area (Å²) in [5.41, 5.74) is 3.36. The number of ether oxygens (including phenoxy) is 1. The lowest BCUT2D eigenvalue weighted by Gasteiger charge is -2.15. The summed E-state index contributed by atoms with van der Waals surface area (Å²) in [4.78, 5) is 33.0. The second kappa shape index (κ2) is 9.90. The molecule has 0 radical (unpaired) electrons. The molecule has 4 aromatic rings. The molecule has 11 heteroatoms. The van der Waals surface area contributed by atoms with Crippen LogP contribution in [0.2, 0.25) is 0 Å². The highest BCUT2D eigenvalue weighted by atomic mass is 32.1. The van der Waals surface area contributed by atoms with Crippen LogP contribution < -0.4 is 5.32 Å². The molecular weight excluding hydrogens is 546 g/mol. The zero-order valence-electron chi connectivity index (χ0n) is 20.7. The predicted octanol–water partition coefficient (Wildman–Crippen LogP) is 5.51. The molecule has 1 N–H and O–H groups in total. The van der Waals surface area contributed by atoms with E-state index in [1.807, 2.05) is 30.3 Å². The lowest BCUT2D eigenvalue weighted by Crippen LogP contribution is -2.37. The van der Waals surface area contributed by atoms with Crippen LogP contribution in [0, 0.1) is 11.7 Å². The fourth-order valence-corrected chi connectivity index (χ4v) is 5.99. The molecule has 40 heavy (non-hydrogen) atoms. The van der Waals surface area contributed by atoms with Gasteiger partial charge in [0.15, 0.2) is 0 Å². The Morgan fingerprint density at radius 1 is 1.05 bits per heavy atom. The van der Waals surface area contributed by atoms with E-state index in [9.17, 15) is 22.8 Å². The van der Waals surface area contributed by atoms with Gasteiger partial charge in [0.25, 0.3) is 0 Å². The third-order valence-corrected chi connectivity index (χ3v) is 8.15. The largest absolute Gasteiger partial charge is 0.491 e. The molecule has 1 aliphatic carbocycles. The van der Waals surface area contributed by atoms with Crippen LogP contribution in [0.3, 0.4) is 0 Å². The summed E-state index contributed by atoms with van der Waals surface area (Å²) >= 11 is 1.31. The molecule has 204 valence electrons. The number of pyridine rings is 1. The van der Waals surface area contributed by atoms with Crippen LogP contribution in [0.4, 0.5) is 17.6 Å². The number of allylic oxidation sites excluding steroid dienone is 2. The van der Waals surface area contributed by atoms with Crippen molar-refractivity contribution in [2.24, 2.45) is 5.92 Å². The van der Waals surface area contributed by atoms with Crippen molar-refractivity contribution in [3.63, 3.8) is 0 Å². The summed E-state index contributed by atoms with van der Waals surface area (Å²) in [6, 6.07) is 17.7. The Morgan fingerprint density at radius 2 is 1.82 bits per heavy atom. The van der Waals surface area contributed by atoms with Crippen LogP contribution in [0.25, 0.3) is 20.9 Å². The number of hydrogen-bond acceptors (Lipinski definition) is 7. The third kappa shape index (κ3) is 5.02. The molecule has 1 aliphatic heterocycles. The third-order valence-electron chi connectivity index (χ3n) is 7.15. The minimum Gasteiger partial charge on any atom is -0.385 e. The van der Waals surface area contributed by atoms with Crippen LogP contribution in [0.1, 0.15) is 23.2 Å². The number of nitrogens with one attached hydrogen (secondary N) is 1. The maximum absolute atomic E-state index is 15.2. The molecule has 3 heterocycles. The second-order valence-electron chi connectivity index (χ2n) is 9.90. The lowest BCUT2D eigenvalue weighted by atomic mass is 9.89. The molecule has 0 unspecified atom stereocenters. The van der Waals surface area contributed by atoms with Gasteiger partial charge in [0.1, 0.15) is 27.2 Å². The summed E-state index contributed by atoms with van der Waals surface area (Å²) in [6.45, 7) is 0.314. The lowest BCUT2D eigenvalue weighted by molar-refractivity contribution is -0.202. The van der Waals surface area contributed by atoms with Gasteiger partial charge in [0.2, 0.25) is 0 Å². The number of aromatic nitrogens is 2. The van der Waals surface area contributed by atoms with E-state index in [2.05, 4.69) is 39.3 Å². The van der Waals surface area contributed by atoms with E-state index in [1.54, 1.807) is 12.1 Å². The van der Waals surface area contributed by atoms with E-state index in [4.69, 9.17) is 4.98 Å². The zero-order chi connectivity index (χ0) is 28.1. The van der Waals surface area contributed by atoms with E-state index < -0.39 is 30.0 Å². The molecule has 1 fully saturated rings. The SMILES string of the molecule is O=C(OC(=O)C(F)(F)F)[C@@H]1C[C@@H](Cc2ccc(-c3nc4ccc(C5(c6ccccc6)C=C5)nc4s3)c(F)c2)CN1. The van der Waals surface area contributed by atoms with Crippen LogP contribution in [-0.2, 0) is 26.2 Å². The van der Waals surface area contributed by atoms with Crippen LogP contribution in [0.15, 0.2) is 72.8 Å². The van der Waals surface area contributed by atoms with Gasteiger partial charge in [-0.25, -0.2) is 23.9 Å². The number of halogens is 4. The van der Waals surface area contributed by atoms with Gasteiger partial charge in [-0.1, -0.05) is 59.9 Å². The Labute approximate surface area is 229 Å². The van der Waals surface area contributed by atoms with Crippen LogP contribution in [-0.4, -0.2) is 40.7 Å². The molecule has 2 atom stereocenters. The van der Waals surface area contributed by atoms with Gasteiger partial charge in [0.05, 0.1) is 11.1 Å². The normalized spacial score (nSPS) is 19.6. The Hall–Kier alpha value is -3.96. The van der Waals surface area contributed by atoms with Gasteiger partial charge in [0, 0.05) is 5.56 Å². The summed E-state index contributed by atoms with van der Waals surface area (Å²) in [7, 11) is 0. The van der Waals surface area contributed by atoms with Crippen molar-refractivity contribution in [2.45, 2.75) is 30.5 Å². The van der Waals surface area contributed by atoms with Crippen molar-refractivity contribution < 1.29 is 31.9 Å². The first-order valence-electron chi connectivity index (χ1n) is 12.5. The van der Waals surface area contributed by atoms with Crippen molar-refractivity contribution in [2.75, 3.05) is 6.54 Å². The van der Waals surface area contributed by atoms with Crippen LogP contribution in [0.5, 0.6) is 0 Å². The Morgan fingerprint density at radius 3 is 2.52 bits per heavy atom. The van der Waals surface area contributed by atoms with Gasteiger partial charge in [-0.05, 0) is 60.7 Å². The average molecular weight is 568 g/mol. The van der Waals surface area contributed by atoms with Gasteiger partial charge >= 0.3 is 18.1 Å². The smallest absolute Gasteiger partial charge is 0.385 e. The molecule has 6 nitrogen and oxygen atoms in total. The molecule has 0 spiro atoms. The number of hydrogen-bond donors (Lipinski definition) is 1. The minimum atomic E-state index is -5.24. The van der Waals surface area contributed by atoms with E-state index in [-0.39, 0.29) is 17.8 Å². The fourth-order valence-electron chi connectivity index (χ4n) is 5.03. The van der Waals surface area contributed by atoms with Gasteiger partial charge in [-0.3, -0.25) is 0 Å². The van der Waals surface area contributed by atoms with Gasteiger partial charge < -0.3 is 10.1 Å². The highest BCUT2D eigenvalue weighted by Gasteiger charge is 2.44. The van der Waals surface area contributed by atoms with E-state index >= 15 is 4.39 Å². The number of carbonyl (C=O) groups excluding carboxylic acids is 2. The summed E-state index contributed by atoms with van der Waals surface area (Å²) < 4.78 is 56.2. The number of benzene rings is 2. The second-order valence-corrected chi connectivity index (χ2v) is 10.9. The Bertz CT molecular complexity index is 1650. The number of fused-ring (bicyclic) bond motifs is 1. The predicted molar refractivity (Wildman–Crippen MR) is 140 cm³/mol. The standard InChI is InChI=1S/C29H21F4N3O3S/c30-20-13-16(12-17-14-22(34-15-17)26(37)39-27(38)29(31,32)33)6-7-19(20)24-35-21-8-9-23(36-25(21)40-24)28(10-11-28)18-4-2-1-3-5-18/h1-11,13,17,22,34H,12,14-15H2/t17-,22+/m1/s1. The number of alkyl halides is 3.